The molecule has 2 rings (SSSR count). The molecule has 2 aromatic heterocycles. The molecule has 1 radical (unpaired) electrons. The molecule has 0 bridgehead atoms. The van der Waals surface area contributed by atoms with E-state index in [0.717, 1.165) is 10.6 Å². The minimum atomic E-state index is -0.305. The number of hydrogen-bond donors (Lipinski definition) is 0. The Balaban J connectivity index is 2.36. The van der Waals surface area contributed by atoms with Crippen molar-refractivity contribution in [2.45, 2.75) is 0 Å². The molecular weight excluding hydrogens is 211 g/mol. The van der Waals surface area contributed by atoms with Gasteiger partial charge in [0.15, 0.2) is 0 Å². The standard InChI is InChI=1S/C11H8FN2S/c1-2-8(12)10-3-4-11(15-10)9-5-6-13-7-14-9/h2-7H,1H2/b8-2+. The van der Waals surface area contributed by atoms with E-state index >= 15 is 0 Å². The van der Waals surface area contributed by atoms with E-state index in [1.54, 1.807) is 18.3 Å². The lowest BCUT2D eigenvalue weighted by molar-refractivity contribution is 0.764. The van der Waals surface area contributed by atoms with Crippen molar-refractivity contribution in [1.82, 2.24) is 9.97 Å². The van der Waals surface area contributed by atoms with Crippen molar-refractivity contribution in [3.8, 4) is 10.6 Å². The van der Waals surface area contributed by atoms with Gasteiger partial charge in [0.2, 0.25) is 0 Å². The van der Waals surface area contributed by atoms with Crippen LogP contribution in [-0.4, -0.2) is 9.97 Å². The summed E-state index contributed by atoms with van der Waals surface area (Å²) in [6.07, 6.45) is 4.34. The Morgan fingerprint density at radius 2 is 2.27 bits per heavy atom. The van der Waals surface area contributed by atoms with Crippen LogP contribution in [0.2, 0.25) is 0 Å². The van der Waals surface area contributed by atoms with Gasteiger partial charge >= 0.3 is 0 Å². The summed E-state index contributed by atoms with van der Waals surface area (Å²) in [4.78, 5) is 9.41. The van der Waals surface area contributed by atoms with Gasteiger partial charge in [-0.3, -0.25) is 0 Å². The quantitative estimate of drug-likeness (QED) is 0.774. The molecule has 0 N–H and O–H groups in total. The largest absolute Gasteiger partial charge is 0.245 e. The minimum absolute atomic E-state index is 0.305. The molecule has 0 aliphatic heterocycles. The van der Waals surface area contributed by atoms with E-state index in [0.29, 0.717) is 4.88 Å². The Hall–Kier alpha value is -1.55. The molecule has 0 atom stereocenters. The first-order valence-corrected chi connectivity index (χ1v) is 5.14. The third kappa shape index (κ3) is 2.10. The van der Waals surface area contributed by atoms with Gasteiger partial charge in [0, 0.05) is 6.20 Å². The third-order valence-corrected chi connectivity index (χ3v) is 2.97. The molecule has 0 saturated carbocycles. The molecule has 0 spiro atoms. The van der Waals surface area contributed by atoms with Crippen molar-refractivity contribution >= 4 is 17.2 Å². The number of nitrogens with zero attached hydrogens (tertiary/aromatic N) is 2. The fourth-order valence-electron chi connectivity index (χ4n) is 1.14. The number of rotatable bonds is 2. The van der Waals surface area contributed by atoms with Crippen LogP contribution in [0, 0.1) is 6.92 Å². The van der Waals surface area contributed by atoms with Crippen LogP contribution in [0.1, 0.15) is 4.88 Å². The Kier molecular flexibility index (Phi) is 2.87. The summed E-state index contributed by atoms with van der Waals surface area (Å²) in [5, 5.41) is 0. The van der Waals surface area contributed by atoms with Crippen LogP contribution in [-0.2, 0) is 0 Å². The van der Waals surface area contributed by atoms with Gasteiger partial charge in [-0.15, -0.1) is 11.3 Å². The highest BCUT2D eigenvalue weighted by Gasteiger charge is 2.06. The maximum absolute atomic E-state index is 13.2. The van der Waals surface area contributed by atoms with E-state index in [1.165, 1.54) is 23.7 Å². The average molecular weight is 219 g/mol. The van der Waals surface area contributed by atoms with Crippen molar-refractivity contribution in [2.24, 2.45) is 0 Å². The summed E-state index contributed by atoms with van der Waals surface area (Å²) < 4.78 is 13.2. The molecule has 0 fully saturated rings. The maximum atomic E-state index is 13.2. The smallest absolute Gasteiger partial charge is 0.136 e. The van der Waals surface area contributed by atoms with Gasteiger partial charge in [0.25, 0.3) is 0 Å². The van der Waals surface area contributed by atoms with Crippen molar-refractivity contribution in [3.63, 3.8) is 0 Å². The Bertz CT molecular complexity index is 476. The van der Waals surface area contributed by atoms with Gasteiger partial charge in [0.1, 0.15) is 12.2 Å². The summed E-state index contributed by atoms with van der Waals surface area (Å²) in [6, 6.07) is 5.35. The normalized spacial score (nSPS) is 11.7. The van der Waals surface area contributed by atoms with Gasteiger partial charge in [-0.05, 0) is 31.2 Å². The number of allylic oxidation sites excluding steroid dienone is 1. The van der Waals surface area contributed by atoms with E-state index in [4.69, 9.17) is 0 Å². The van der Waals surface area contributed by atoms with Crippen LogP contribution in [0.5, 0.6) is 0 Å². The highest BCUT2D eigenvalue weighted by molar-refractivity contribution is 7.16. The van der Waals surface area contributed by atoms with Crippen LogP contribution in [0.15, 0.2) is 36.8 Å². The molecule has 2 aromatic rings. The van der Waals surface area contributed by atoms with Crippen LogP contribution < -0.4 is 0 Å². The minimum Gasteiger partial charge on any atom is -0.245 e. The fourth-order valence-corrected chi connectivity index (χ4v) is 2.06. The molecule has 0 unspecified atom stereocenters. The molecular formula is C11H8FN2S. The second-order valence-electron chi connectivity index (χ2n) is 2.81. The van der Waals surface area contributed by atoms with Gasteiger partial charge in [-0.2, -0.15) is 0 Å². The molecule has 2 heterocycles. The van der Waals surface area contributed by atoms with Crippen molar-refractivity contribution in [1.29, 1.82) is 0 Å². The molecule has 75 valence electrons. The van der Waals surface area contributed by atoms with E-state index in [9.17, 15) is 4.39 Å². The third-order valence-electron chi connectivity index (χ3n) is 1.86. The molecule has 0 saturated heterocycles. The first-order chi connectivity index (χ1) is 7.31. The number of aromatic nitrogens is 2. The zero-order valence-corrected chi connectivity index (χ0v) is 8.67. The van der Waals surface area contributed by atoms with E-state index < -0.39 is 0 Å². The summed E-state index contributed by atoms with van der Waals surface area (Å²) in [7, 11) is 0. The Labute approximate surface area is 91.1 Å². The average Bonchev–Trinajstić information content (AvgIpc) is 2.78. The van der Waals surface area contributed by atoms with Crippen molar-refractivity contribution < 1.29 is 4.39 Å². The predicted octanol–water partition coefficient (Wildman–Crippen LogP) is 3.35. The molecule has 0 aromatic carbocycles. The molecule has 2 nitrogen and oxygen atoms in total. The first kappa shape index (κ1) is 9.98. The summed E-state index contributed by atoms with van der Waals surface area (Å²) in [5.74, 6) is -0.305. The lowest BCUT2D eigenvalue weighted by Gasteiger charge is -1.93. The number of hydrogen-bond acceptors (Lipinski definition) is 3. The predicted molar refractivity (Wildman–Crippen MR) is 59.8 cm³/mol. The van der Waals surface area contributed by atoms with Crippen molar-refractivity contribution in [2.75, 3.05) is 0 Å². The lowest BCUT2D eigenvalue weighted by Crippen LogP contribution is -1.79. The van der Waals surface area contributed by atoms with E-state index in [1.807, 2.05) is 6.07 Å². The van der Waals surface area contributed by atoms with E-state index in [2.05, 4.69) is 16.9 Å². The van der Waals surface area contributed by atoms with Crippen LogP contribution in [0.3, 0.4) is 0 Å². The second-order valence-corrected chi connectivity index (χ2v) is 3.89. The summed E-state index contributed by atoms with van der Waals surface area (Å²) >= 11 is 1.35. The lowest BCUT2D eigenvalue weighted by atomic mass is 10.3. The highest BCUT2D eigenvalue weighted by atomic mass is 32.1. The summed E-state index contributed by atoms with van der Waals surface area (Å²) in [6.45, 7) is 3.39. The second kappa shape index (κ2) is 4.31. The SMILES string of the molecule is [CH2]/C=C(/F)c1ccc(-c2ccncn2)s1. The zero-order chi connectivity index (χ0) is 10.7. The Morgan fingerprint density at radius 1 is 1.40 bits per heavy atom. The molecule has 0 amide bonds. The van der Waals surface area contributed by atoms with Gasteiger partial charge < -0.3 is 0 Å². The van der Waals surface area contributed by atoms with Crippen LogP contribution in [0.25, 0.3) is 16.4 Å². The first-order valence-electron chi connectivity index (χ1n) is 4.33. The van der Waals surface area contributed by atoms with Gasteiger partial charge in [-0.25, -0.2) is 14.4 Å². The van der Waals surface area contributed by atoms with Gasteiger partial charge in [-0.1, -0.05) is 0 Å². The van der Waals surface area contributed by atoms with Crippen molar-refractivity contribution in [3.05, 3.63) is 48.6 Å². The highest BCUT2D eigenvalue weighted by Crippen LogP contribution is 2.30. The monoisotopic (exact) mass is 219 g/mol. The topological polar surface area (TPSA) is 25.8 Å². The van der Waals surface area contributed by atoms with E-state index in [-0.39, 0.29) is 5.83 Å². The number of thiophene rings is 1. The molecule has 0 aliphatic rings. The van der Waals surface area contributed by atoms with Gasteiger partial charge in [0.05, 0.1) is 15.4 Å². The fraction of sp³-hybridized carbons (Fsp3) is 0. The number of halogens is 1. The maximum Gasteiger partial charge on any atom is 0.136 e. The summed E-state index contributed by atoms with van der Waals surface area (Å²) in [5.41, 5.74) is 0.804. The van der Waals surface area contributed by atoms with Crippen LogP contribution >= 0.6 is 11.3 Å². The molecule has 4 heteroatoms. The zero-order valence-electron chi connectivity index (χ0n) is 7.85. The Morgan fingerprint density at radius 3 is 2.93 bits per heavy atom. The molecule has 0 aliphatic carbocycles. The van der Waals surface area contributed by atoms with Crippen LogP contribution in [0.4, 0.5) is 4.39 Å². The molecule has 15 heavy (non-hydrogen) atoms.